The topological polar surface area (TPSA) is 121 Å². The molecule has 1 aromatic heterocycles. The number of nitro groups is 1. The molecule has 0 saturated heterocycles. The predicted octanol–water partition coefficient (Wildman–Crippen LogP) is 2.76. The van der Waals surface area contributed by atoms with Crippen molar-refractivity contribution in [3.8, 4) is 5.75 Å². The third-order valence-corrected chi connectivity index (χ3v) is 3.61. The van der Waals surface area contributed by atoms with Crippen molar-refractivity contribution in [1.82, 2.24) is 4.98 Å². The summed E-state index contributed by atoms with van der Waals surface area (Å²) in [7, 11) is 1.28. The van der Waals surface area contributed by atoms with E-state index in [0.29, 0.717) is 11.3 Å². The van der Waals surface area contributed by atoms with Gasteiger partial charge in [0.15, 0.2) is 12.4 Å². The Hall–Kier alpha value is -3.20. The van der Waals surface area contributed by atoms with Gasteiger partial charge < -0.3 is 14.8 Å². The Labute approximate surface area is 153 Å². The molecule has 26 heavy (non-hydrogen) atoms. The molecule has 10 heteroatoms. The SMILES string of the molecule is COc1cc(NC(=O)COC(=O)c2cccnc2Cl)c(C)cc1[N+](=O)[O-]. The molecule has 0 spiro atoms. The highest BCUT2D eigenvalue weighted by Crippen LogP contribution is 2.32. The number of halogens is 1. The molecular weight excluding hydrogens is 366 g/mol. The first-order chi connectivity index (χ1) is 12.3. The first kappa shape index (κ1) is 19.1. The summed E-state index contributed by atoms with van der Waals surface area (Å²) in [6.45, 7) is 1.02. The van der Waals surface area contributed by atoms with Gasteiger partial charge in [0.1, 0.15) is 5.15 Å². The van der Waals surface area contributed by atoms with E-state index < -0.39 is 23.4 Å². The van der Waals surface area contributed by atoms with Crippen molar-refractivity contribution in [1.29, 1.82) is 0 Å². The lowest BCUT2D eigenvalue weighted by molar-refractivity contribution is -0.385. The average Bonchev–Trinajstić information content (AvgIpc) is 2.61. The molecular formula is C16H14ClN3O6. The standard InChI is InChI=1S/C16H14ClN3O6/c1-9-6-12(20(23)24)13(25-2)7-11(9)19-14(21)8-26-16(22)10-4-3-5-18-15(10)17/h3-7H,8H2,1-2H3,(H,19,21). The number of nitrogens with one attached hydrogen (secondary N) is 1. The molecule has 0 fully saturated rings. The Morgan fingerprint density at radius 2 is 2.12 bits per heavy atom. The highest BCUT2D eigenvalue weighted by Gasteiger charge is 2.19. The van der Waals surface area contributed by atoms with Crippen LogP contribution in [0, 0.1) is 17.0 Å². The number of aryl methyl sites for hydroxylation is 1. The first-order valence-electron chi connectivity index (χ1n) is 7.24. The van der Waals surface area contributed by atoms with E-state index in [-0.39, 0.29) is 22.2 Å². The minimum absolute atomic E-state index is 0.00460. The number of carbonyl (C=O) groups is 2. The highest BCUT2D eigenvalue weighted by atomic mass is 35.5. The first-order valence-corrected chi connectivity index (χ1v) is 7.61. The average molecular weight is 380 g/mol. The number of esters is 1. The predicted molar refractivity (Wildman–Crippen MR) is 92.5 cm³/mol. The second kappa shape index (κ2) is 8.26. The van der Waals surface area contributed by atoms with Gasteiger partial charge in [-0.15, -0.1) is 0 Å². The maximum atomic E-state index is 12.0. The summed E-state index contributed by atoms with van der Waals surface area (Å²) in [5, 5.41) is 13.4. The second-order valence-electron chi connectivity index (χ2n) is 5.06. The van der Waals surface area contributed by atoms with Gasteiger partial charge in [0.2, 0.25) is 0 Å². The fraction of sp³-hybridized carbons (Fsp3) is 0.188. The number of amides is 1. The zero-order valence-corrected chi connectivity index (χ0v) is 14.6. The van der Waals surface area contributed by atoms with Crippen LogP contribution < -0.4 is 10.1 Å². The monoisotopic (exact) mass is 379 g/mol. The number of nitrogens with zero attached hydrogens (tertiary/aromatic N) is 2. The fourth-order valence-electron chi connectivity index (χ4n) is 2.05. The van der Waals surface area contributed by atoms with Gasteiger partial charge in [0.25, 0.3) is 5.91 Å². The van der Waals surface area contributed by atoms with Gasteiger partial charge in [-0.2, -0.15) is 0 Å². The van der Waals surface area contributed by atoms with Crippen LogP contribution in [0.25, 0.3) is 0 Å². The van der Waals surface area contributed by atoms with Gasteiger partial charge in [0.05, 0.1) is 17.6 Å². The third-order valence-electron chi connectivity index (χ3n) is 3.31. The molecule has 2 aromatic rings. The molecule has 0 saturated carbocycles. The number of hydrogen-bond donors (Lipinski definition) is 1. The molecule has 9 nitrogen and oxygen atoms in total. The van der Waals surface area contributed by atoms with Crippen LogP contribution in [0.15, 0.2) is 30.5 Å². The summed E-state index contributed by atoms with van der Waals surface area (Å²) in [6, 6.07) is 5.52. The van der Waals surface area contributed by atoms with Crippen LogP contribution in [0.2, 0.25) is 5.15 Å². The molecule has 0 bridgehead atoms. The quantitative estimate of drug-likeness (QED) is 0.354. The zero-order chi connectivity index (χ0) is 19.3. The van der Waals surface area contributed by atoms with Crippen molar-refractivity contribution < 1.29 is 24.0 Å². The van der Waals surface area contributed by atoms with Crippen molar-refractivity contribution in [3.05, 3.63) is 56.9 Å². The maximum absolute atomic E-state index is 12.0. The number of anilines is 1. The van der Waals surface area contributed by atoms with Crippen molar-refractivity contribution in [2.75, 3.05) is 19.0 Å². The summed E-state index contributed by atoms with van der Waals surface area (Å²) in [5.74, 6) is -1.43. The number of nitro benzene ring substituents is 1. The van der Waals surface area contributed by atoms with E-state index in [9.17, 15) is 19.7 Å². The fourth-order valence-corrected chi connectivity index (χ4v) is 2.24. The minimum atomic E-state index is -0.795. The molecule has 1 heterocycles. The zero-order valence-electron chi connectivity index (χ0n) is 13.8. The van der Waals surface area contributed by atoms with E-state index in [1.165, 1.54) is 37.6 Å². The van der Waals surface area contributed by atoms with E-state index in [1.54, 1.807) is 6.92 Å². The number of pyridine rings is 1. The lowest BCUT2D eigenvalue weighted by Gasteiger charge is -2.11. The van der Waals surface area contributed by atoms with Gasteiger partial charge in [-0.25, -0.2) is 9.78 Å². The summed E-state index contributed by atoms with van der Waals surface area (Å²) in [5.41, 5.74) is 0.566. The maximum Gasteiger partial charge on any atom is 0.341 e. The Bertz CT molecular complexity index is 871. The smallest absolute Gasteiger partial charge is 0.341 e. The second-order valence-corrected chi connectivity index (χ2v) is 5.42. The van der Waals surface area contributed by atoms with Gasteiger partial charge in [-0.05, 0) is 24.6 Å². The van der Waals surface area contributed by atoms with Crippen LogP contribution in [0.4, 0.5) is 11.4 Å². The van der Waals surface area contributed by atoms with Crippen molar-refractivity contribution in [2.45, 2.75) is 6.92 Å². The number of hydrogen-bond acceptors (Lipinski definition) is 7. The summed E-state index contributed by atoms with van der Waals surface area (Å²) < 4.78 is 9.84. The van der Waals surface area contributed by atoms with E-state index in [4.69, 9.17) is 21.1 Å². The van der Waals surface area contributed by atoms with Gasteiger partial charge in [-0.1, -0.05) is 11.6 Å². The Kier molecular flexibility index (Phi) is 6.07. The number of benzene rings is 1. The van der Waals surface area contributed by atoms with E-state index in [0.717, 1.165) is 0 Å². The Morgan fingerprint density at radius 3 is 2.73 bits per heavy atom. The molecule has 136 valence electrons. The molecule has 0 atom stereocenters. The molecule has 1 amide bonds. The molecule has 0 aliphatic carbocycles. The molecule has 1 aromatic carbocycles. The number of aromatic nitrogens is 1. The number of ether oxygens (including phenoxy) is 2. The van der Waals surface area contributed by atoms with Crippen LogP contribution in [0.1, 0.15) is 15.9 Å². The van der Waals surface area contributed by atoms with Crippen LogP contribution in [0.3, 0.4) is 0 Å². The summed E-state index contributed by atoms with van der Waals surface area (Å²) in [4.78, 5) is 38.0. The summed E-state index contributed by atoms with van der Waals surface area (Å²) in [6.07, 6.45) is 1.41. The largest absolute Gasteiger partial charge is 0.490 e. The number of rotatable bonds is 6. The Morgan fingerprint density at radius 1 is 1.38 bits per heavy atom. The lowest BCUT2D eigenvalue weighted by Crippen LogP contribution is -2.21. The molecule has 2 rings (SSSR count). The molecule has 0 radical (unpaired) electrons. The molecule has 0 aliphatic rings. The van der Waals surface area contributed by atoms with Gasteiger partial charge in [-0.3, -0.25) is 14.9 Å². The molecule has 0 unspecified atom stereocenters. The molecule has 1 N–H and O–H groups in total. The number of carbonyl (C=O) groups excluding carboxylic acids is 2. The van der Waals surface area contributed by atoms with E-state index in [2.05, 4.69) is 10.3 Å². The van der Waals surface area contributed by atoms with Crippen molar-refractivity contribution >= 4 is 34.9 Å². The minimum Gasteiger partial charge on any atom is -0.490 e. The van der Waals surface area contributed by atoms with Crippen LogP contribution in [-0.2, 0) is 9.53 Å². The Balaban J connectivity index is 2.05. The third kappa shape index (κ3) is 4.45. The van der Waals surface area contributed by atoms with E-state index in [1.807, 2.05) is 0 Å². The van der Waals surface area contributed by atoms with Crippen LogP contribution in [-0.4, -0.2) is 35.5 Å². The molecule has 0 aliphatic heterocycles. The van der Waals surface area contributed by atoms with Crippen LogP contribution in [0.5, 0.6) is 5.75 Å². The van der Waals surface area contributed by atoms with Gasteiger partial charge >= 0.3 is 11.7 Å². The van der Waals surface area contributed by atoms with Crippen LogP contribution >= 0.6 is 11.6 Å². The van der Waals surface area contributed by atoms with E-state index >= 15 is 0 Å². The summed E-state index contributed by atoms with van der Waals surface area (Å²) >= 11 is 5.78. The van der Waals surface area contributed by atoms with Crippen molar-refractivity contribution in [3.63, 3.8) is 0 Å². The van der Waals surface area contributed by atoms with Crippen molar-refractivity contribution in [2.24, 2.45) is 0 Å². The number of methoxy groups -OCH3 is 1. The highest BCUT2D eigenvalue weighted by molar-refractivity contribution is 6.32. The van der Waals surface area contributed by atoms with Gasteiger partial charge in [0, 0.05) is 24.0 Å². The normalized spacial score (nSPS) is 10.1. The lowest BCUT2D eigenvalue weighted by atomic mass is 10.1.